The van der Waals surface area contributed by atoms with E-state index in [2.05, 4.69) is 15.3 Å². The molecule has 2 aromatic heterocycles. The first-order valence-corrected chi connectivity index (χ1v) is 14.5. The lowest BCUT2D eigenvalue weighted by molar-refractivity contribution is 0.256. The van der Waals surface area contributed by atoms with Gasteiger partial charge in [-0.2, -0.15) is 0 Å². The van der Waals surface area contributed by atoms with Crippen molar-refractivity contribution in [2.45, 2.75) is 56.8 Å². The van der Waals surface area contributed by atoms with Gasteiger partial charge in [-0.3, -0.25) is 4.79 Å². The third-order valence-electron chi connectivity index (χ3n) is 6.73. The number of aryl methyl sites for hydroxylation is 1. The molecule has 1 aliphatic carbocycles. The average molecular weight is 569 g/mol. The molecule has 0 saturated heterocycles. The molecule has 0 radical (unpaired) electrons. The number of halogens is 1. The smallest absolute Gasteiger partial charge is 0.333 e. The molecular weight excluding hydrogens is 539 g/mol. The van der Waals surface area contributed by atoms with Gasteiger partial charge in [0.25, 0.3) is 15.6 Å². The zero-order valence-corrected chi connectivity index (χ0v) is 22.8. The maximum absolute atomic E-state index is 13.2. The molecule has 4 aromatic rings. The van der Waals surface area contributed by atoms with Gasteiger partial charge in [0, 0.05) is 11.6 Å². The van der Waals surface area contributed by atoms with Crippen molar-refractivity contribution in [3.05, 3.63) is 70.2 Å². The number of fused-ring (bicyclic) bond motifs is 1. The number of H-pyrrole nitrogens is 1. The Hall–Kier alpha value is -4.26. The lowest BCUT2D eigenvalue weighted by Crippen LogP contribution is -2.34. The number of urea groups is 1. The molecule has 2 amide bonds. The molecule has 13 heteroatoms. The van der Waals surface area contributed by atoms with Crippen LogP contribution in [0.3, 0.4) is 0 Å². The molecule has 40 heavy (non-hydrogen) atoms. The van der Waals surface area contributed by atoms with Gasteiger partial charge in [-0.25, -0.2) is 31.8 Å². The largest absolute Gasteiger partial charge is 0.493 e. The number of aromatic amines is 1. The third-order valence-corrected chi connectivity index (χ3v) is 8.07. The first-order valence-electron chi connectivity index (χ1n) is 13.0. The SMILES string of the molecule is CCCOc1ccc(NC(=O)NS(=O)(=O)c2ccc(F)cc2)cc1-c1nn2c(C3CCCC3)nc(C)c2c(=O)[nH]1. The van der Waals surface area contributed by atoms with Crippen molar-refractivity contribution in [3.8, 4) is 17.1 Å². The fourth-order valence-electron chi connectivity index (χ4n) is 4.84. The number of anilines is 1. The Balaban J connectivity index is 1.49. The number of imidazole rings is 1. The van der Waals surface area contributed by atoms with E-state index in [1.54, 1.807) is 23.6 Å². The minimum absolute atomic E-state index is 0.207. The number of sulfonamides is 1. The molecule has 0 unspecified atom stereocenters. The fraction of sp³-hybridized carbons (Fsp3) is 0.333. The van der Waals surface area contributed by atoms with Crippen molar-refractivity contribution in [3.63, 3.8) is 0 Å². The summed E-state index contributed by atoms with van der Waals surface area (Å²) in [6.07, 6.45) is 4.87. The zero-order chi connectivity index (χ0) is 28.4. The highest BCUT2D eigenvalue weighted by Crippen LogP contribution is 2.35. The topological polar surface area (TPSA) is 148 Å². The van der Waals surface area contributed by atoms with Crippen LogP contribution in [-0.2, 0) is 10.0 Å². The van der Waals surface area contributed by atoms with E-state index in [0.717, 1.165) is 62.2 Å². The van der Waals surface area contributed by atoms with Crippen molar-refractivity contribution in [1.29, 1.82) is 0 Å². The van der Waals surface area contributed by atoms with E-state index in [1.807, 2.05) is 11.6 Å². The highest BCUT2D eigenvalue weighted by Gasteiger charge is 2.25. The number of hydrogen-bond acceptors (Lipinski definition) is 7. The number of nitrogens with one attached hydrogen (secondary N) is 3. The monoisotopic (exact) mass is 568 g/mol. The predicted octanol–water partition coefficient (Wildman–Crippen LogP) is 4.49. The number of hydrogen-bond donors (Lipinski definition) is 3. The van der Waals surface area contributed by atoms with Crippen molar-refractivity contribution in [1.82, 2.24) is 24.3 Å². The predicted molar refractivity (Wildman–Crippen MR) is 147 cm³/mol. The summed E-state index contributed by atoms with van der Waals surface area (Å²) < 4.78 is 47.7. The zero-order valence-electron chi connectivity index (χ0n) is 22.0. The summed E-state index contributed by atoms with van der Waals surface area (Å²) in [6.45, 7) is 4.14. The molecule has 5 rings (SSSR count). The summed E-state index contributed by atoms with van der Waals surface area (Å²) in [6, 6.07) is 7.74. The summed E-state index contributed by atoms with van der Waals surface area (Å²) in [5.41, 5.74) is 1.24. The molecule has 0 bridgehead atoms. The molecule has 2 aromatic carbocycles. The van der Waals surface area contributed by atoms with Crippen LogP contribution in [-0.4, -0.2) is 40.6 Å². The third kappa shape index (κ3) is 5.55. The molecule has 1 fully saturated rings. The van der Waals surface area contributed by atoms with E-state index < -0.39 is 21.9 Å². The molecule has 0 spiro atoms. The summed E-state index contributed by atoms with van der Waals surface area (Å²) in [5, 5.41) is 7.22. The number of carbonyl (C=O) groups is 1. The molecule has 0 aliphatic heterocycles. The van der Waals surface area contributed by atoms with Gasteiger partial charge in [0.1, 0.15) is 17.4 Å². The summed E-state index contributed by atoms with van der Waals surface area (Å²) in [4.78, 5) is 33.0. The molecule has 11 nitrogen and oxygen atoms in total. The van der Waals surface area contributed by atoms with Crippen molar-refractivity contribution < 1.29 is 22.3 Å². The van der Waals surface area contributed by atoms with Gasteiger partial charge in [-0.15, -0.1) is 5.10 Å². The van der Waals surface area contributed by atoms with Crippen LogP contribution in [0.1, 0.15) is 56.5 Å². The van der Waals surface area contributed by atoms with Crippen LogP contribution in [0.2, 0.25) is 0 Å². The number of ether oxygens (including phenoxy) is 1. The summed E-state index contributed by atoms with van der Waals surface area (Å²) >= 11 is 0. The lowest BCUT2D eigenvalue weighted by Gasteiger charge is -2.14. The molecule has 3 N–H and O–H groups in total. The standard InChI is InChI=1S/C27H29FN6O5S/c1-3-14-39-22-13-10-19(30-27(36)33-40(37,38)20-11-8-18(28)9-12-20)15-21(22)24-31-26(35)23-16(2)29-25(34(23)32-24)17-6-4-5-7-17/h8-13,15,17H,3-7,14H2,1-2H3,(H2,30,33,36)(H,31,32,35). The normalized spacial score (nSPS) is 14.0. The van der Waals surface area contributed by atoms with Crippen LogP contribution < -0.4 is 20.3 Å². The van der Waals surface area contributed by atoms with Gasteiger partial charge >= 0.3 is 6.03 Å². The molecule has 1 saturated carbocycles. The maximum Gasteiger partial charge on any atom is 0.333 e. The number of nitrogens with zero attached hydrogens (tertiary/aromatic N) is 3. The van der Waals surface area contributed by atoms with Crippen LogP contribution in [0.15, 0.2) is 52.2 Å². The molecule has 0 atom stereocenters. The first-order chi connectivity index (χ1) is 19.2. The van der Waals surface area contributed by atoms with E-state index in [4.69, 9.17) is 9.84 Å². The number of aromatic nitrogens is 4. The maximum atomic E-state index is 13.2. The number of rotatable bonds is 8. The van der Waals surface area contributed by atoms with E-state index in [0.29, 0.717) is 29.1 Å². The van der Waals surface area contributed by atoms with Crippen LogP contribution in [0.5, 0.6) is 5.75 Å². The van der Waals surface area contributed by atoms with Gasteiger partial charge in [0.2, 0.25) is 0 Å². The highest BCUT2D eigenvalue weighted by atomic mass is 32.2. The number of amides is 2. The fourth-order valence-corrected chi connectivity index (χ4v) is 5.75. The second-order valence-corrected chi connectivity index (χ2v) is 11.4. The van der Waals surface area contributed by atoms with Crippen molar-refractivity contribution in [2.24, 2.45) is 0 Å². The van der Waals surface area contributed by atoms with Gasteiger partial charge in [-0.05, 0) is 68.7 Å². The Morgan fingerprint density at radius 1 is 1.18 bits per heavy atom. The summed E-state index contributed by atoms with van der Waals surface area (Å²) in [5.74, 6) is 0.982. The molecular formula is C27H29FN6O5S. The minimum Gasteiger partial charge on any atom is -0.493 e. The minimum atomic E-state index is -4.24. The Bertz CT molecular complexity index is 1730. The second-order valence-electron chi connectivity index (χ2n) is 9.67. The Labute approximate surface area is 229 Å². The average Bonchev–Trinajstić information content (AvgIpc) is 3.56. The molecule has 1 aliphatic rings. The van der Waals surface area contributed by atoms with E-state index >= 15 is 0 Å². The van der Waals surface area contributed by atoms with E-state index in [1.165, 1.54) is 6.07 Å². The van der Waals surface area contributed by atoms with Crippen molar-refractivity contribution in [2.75, 3.05) is 11.9 Å². The van der Waals surface area contributed by atoms with Crippen LogP contribution in [0.25, 0.3) is 16.9 Å². The van der Waals surface area contributed by atoms with Gasteiger partial charge in [0.15, 0.2) is 11.3 Å². The van der Waals surface area contributed by atoms with Crippen LogP contribution in [0.4, 0.5) is 14.9 Å². The Kier molecular flexibility index (Phi) is 7.57. The Morgan fingerprint density at radius 2 is 1.90 bits per heavy atom. The van der Waals surface area contributed by atoms with Crippen LogP contribution in [0, 0.1) is 12.7 Å². The second kappa shape index (κ2) is 11.1. The lowest BCUT2D eigenvalue weighted by atomic mass is 10.1. The first kappa shape index (κ1) is 27.3. The highest BCUT2D eigenvalue weighted by molar-refractivity contribution is 7.90. The van der Waals surface area contributed by atoms with Gasteiger partial charge in [-0.1, -0.05) is 19.8 Å². The molecule has 2 heterocycles. The van der Waals surface area contributed by atoms with E-state index in [9.17, 15) is 22.4 Å². The number of carbonyl (C=O) groups excluding carboxylic acids is 1. The number of benzene rings is 2. The van der Waals surface area contributed by atoms with E-state index in [-0.39, 0.29) is 27.9 Å². The van der Waals surface area contributed by atoms with Crippen molar-refractivity contribution >= 4 is 27.3 Å². The van der Waals surface area contributed by atoms with Gasteiger partial charge < -0.3 is 15.0 Å². The quantitative estimate of drug-likeness (QED) is 0.284. The van der Waals surface area contributed by atoms with Crippen LogP contribution >= 0.6 is 0 Å². The Morgan fingerprint density at radius 3 is 2.60 bits per heavy atom. The molecule has 210 valence electrons. The van der Waals surface area contributed by atoms with Gasteiger partial charge in [0.05, 0.1) is 22.8 Å². The summed E-state index contributed by atoms with van der Waals surface area (Å²) in [7, 11) is -4.24.